The van der Waals surface area contributed by atoms with Gasteiger partial charge in [-0.1, -0.05) is 0 Å². The molecule has 0 radical (unpaired) electrons. The average molecular weight is 297 g/mol. The molecule has 8 heteroatoms. The Morgan fingerprint density at radius 1 is 1.10 bits per heavy atom. The van der Waals surface area contributed by atoms with Gasteiger partial charge < -0.3 is 4.74 Å². The van der Waals surface area contributed by atoms with Crippen LogP contribution in [0, 0.1) is 0 Å². The Labute approximate surface area is 117 Å². The smallest absolute Gasteiger partial charge is 0.433 e. The van der Waals surface area contributed by atoms with Gasteiger partial charge in [-0.2, -0.15) is 18.3 Å². The second-order valence-corrected chi connectivity index (χ2v) is 4.41. The third kappa shape index (κ3) is 2.44. The molecule has 1 fully saturated rings. The Morgan fingerprint density at radius 2 is 1.76 bits per heavy atom. The molecule has 1 aliphatic heterocycles. The molecule has 0 bridgehead atoms. The highest BCUT2D eigenvalue weighted by atomic mass is 19.4. The monoisotopic (exact) mass is 297 g/mol. The van der Waals surface area contributed by atoms with E-state index in [9.17, 15) is 18.0 Å². The quantitative estimate of drug-likeness (QED) is 0.856. The maximum atomic E-state index is 12.8. The van der Waals surface area contributed by atoms with Gasteiger partial charge in [-0.3, -0.25) is 4.90 Å². The number of rotatable bonds is 2. The number of cyclic esters (lactones) is 1. The molecule has 3 rings (SSSR count). The van der Waals surface area contributed by atoms with Crippen LogP contribution in [0.1, 0.15) is 5.69 Å². The van der Waals surface area contributed by atoms with Crippen molar-refractivity contribution in [3.63, 3.8) is 0 Å². The molecule has 1 aromatic heterocycles. The first-order chi connectivity index (χ1) is 9.97. The zero-order valence-electron chi connectivity index (χ0n) is 10.7. The van der Waals surface area contributed by atoms with E-state index in [4.69, 9.17) is 4.74 Å². The minimum absolute atomic E-state index is 0.267. The number of hydrogen-bond acceptors (Lipinski definition) is 3. The van der Waals surface area contributed by atoms with E-state index in [2.05, 4.69) is 5.10 Å². The summed E-state index contributed by atoms with van der Waals surface area (Å²) in [4.78, 5) is 12.8. The van der Waals surface area contributed by atoms with Crippen LogP contribution in [0.5, 0.6) is 0 Å². The van der Waals surface area contributed by atoms with Gasteiger partial charge in [0.1, 0.15) is 12.3 Å². The molecule has 5 nitrogen and oxygen atoms in total. The highest BCUT2D eigenvalue weighted by Gasteiger charge is 2.35. The molecule has 0 atom stereocenters. The van der Waals surface area contributed by atoms with Crippen LogP contribution < -0.4 is 4.90 Å². The van der Waals surface area contributed by atoms with Crippen molar-refractivity contribution in [2.75, 3.05) is 18.1 Å². The van der Waals surface area contributed by atoms with Gasteiger partial charge in [0, 0.05) is 5.69 Å². The molecule has 2 heterocycles. The number of amides is 1. The molecule has 2 aromatic rings. The van der Waals surface area contributed by atoms with E-state index < -0.39 is 18.0 Å². The predicted octanol–water partition coefficient (Wildman–Crippen LogP) is 2.85. The molecule has 1 aliphatic rings. The molecular weight excluding hydrogens is 287 g/mol. The summed E-state index contributed by atoms with van der Waals surface area (Å²) in [6, 6.07) is 6.98. The lowest BCUT2D eigenvalue weighted by atomic mass is 10.2. The van der Waals surface area contributed by atoms with Crippen molar-refractivity contribution in [1.29, 1.82) is 0 Å². The summed E-state index contributed by atoms with van der Waals surface area (Å²) in [6.45, 7) is 0.728. The summed E-state index contributed by atoms with van der Waals surface area (Å²) in [5.41, 5.74) is -0.0126. The number of carbonyl (C=O) groups excluding carboxylic acids is 1. The van der Waals surface area contributed by atoms with Crippen molar-refractivity contribution in [3.8, 4) is 5.69 Å². The Morgan fingerprint density at radius 3 is 2.33 bits per heavy atom. The number of alkyl halides is 3. The lowest BCUT2D eigenvalue weighted by molar-refractivity contribution is -0.142. The molecule has 0 aliphatic carbocycles. The molecule has 0 saturated carbocycles. The van der Waals surface area contributed by atoms with Gasteiger partial charge in [0.25, 0.3) is 0 Å². The van der Waals surface area contributed by atoms with Gasteiger partial charge in [0.15, 0.2) is 0 Å². The SMILES string of the molecule is O=C1OCCN1c1ccc(-n2nccc2C(F)(F)F)cc1. The lowest BCUT2D eigenvalue weighted by Gasteiger charge is -2.14. The average Bonchev–Trinajstić information content (AvgIpc) is 3.06. The number of aromatic nitrogens is 2. The van der Waals surface area contributed by atoms with Crippen molar-refractivity contribution in [1.82, 2.24) is 9.78 Å². The molecule has 0 N–H and O–H groups in total. The topological polar surface area (TPSA) is 47.4 Å². The van der Waals surface area contributed by atoms with Crippen LogP contribution >= 0.6 is 0 Å². The summed E-state index contributed by atoms with van der Waals surface area (Å²) in [5.74, 6) is 0. The van der Waals surface area contributed by atoms with Crippen molar-refractivity contribution in [2.45, 2.75) is 6.18 Å². The number of hydrogen-bond donors (Lipinski definition) is 0. The van der Waals surface area contributed by atoms with E-state index in [1.807, 2.05) is 0 Å². The van der Waals surface area contributed by atoms with Crippen LogP contribution in [0.4, 0.5) is 23.7 Å². The van der Waals surface area contributed by atoms with Crippen LogP contribution in [0.15, 0.2) is 36.5 Å². The minimum atomic E-state index is -4.48. The molecule has 0 spiro atoms. The first-order valence-electron chi connectivity index (χ1n) is 6.13. The molecule has 21 heavy (non-hydrogen) atoms. The Bertz CT molecular complexity index is 664. The second kappa shape index (κ2) is 4.80. The van der Waals surface area contributed by atoms with Crippen molar-refractivity contribution >= 4 is 11.8 Å². The van der Waals surface area contributed by atoms with E-state index in [0.717, 1.165) is 16.9 Å². The lowest BCUT2D eigenvalue weighted by Crippen LogP contribution is -2.23. The molecule has 1 saturated heterocycles. The fourth-order valence-corrected chi connectivity index (χ4v) is 2.13. The number of carbonyl (C=O) groups is 1. The summed E-state index contributed by atoms with van der Waals surface area (Å²) in [7, 11) is 0. The standard InChI is InChI=1S/C13H10F3N3O2/c14-13(15,16)11-5-6-17-19(11)10-3-1-9(2-4-10)18-7-8-21-12(18)20/h1-6H,7-8H2. The molecule has 1 aromatic carbocycles. The second-order valence-electron chi connectivity index (χ2n) is 4.41. The summed E-state index contributed by atoms with van der Waals surface area (Å²) in [5, 5.41) is 3.69. The van der Waals surface area contributed by atoms with Gasteiger partial charge in [0.05, 0.1) is 18.4 Å². The number of ether oxygens (including phenoxy) is 1. The van der Waals surface area contributed by atoms with Crippen molar-refractivity contribution < 1.29 is 22.7 Å². The molecule has 0 unspecified atom stereocenters. The predicted molar refractivity (Wildman–Crippen MR) is 67.3 cm³/mol. The van der Waals surface area contributed by atoms with Gasteiger partial charge in [0.2, 0.25) is 0 Å². The zero-order valence-corrected chi connectivity index (χ0v) is 10.7. The highest BCUT2D eigenvalue weighted by molar-refractivity contribution is 5.89. The minimum Gasteiger partial charge on any atom is -0.447 e. The van der Waals surface area contributed by atoms with Gasteiger partial charge in [-0.15, -0.1) is 0 Å². The molecule has 110 valence electrons. The van der Waals surface area contributed by atoms with Crippen molar-refractivity contribution in [2.24, 2.45) is 0 Å². The van der Waals surface area contributed by atoms with Crippen LogP contribution in [0.25, 0.3) is 5.69 Å². The number of anilines is 1. The van der Waals surface area contributed by atoms with Crippen LogP contribution in [0.2, 0.25) is 0 Å². The molecule has 1 amide bonds. The first kappa shape index (κ1) is 13.5. The number of halogens is 3. The highest BCUT2D eigenvalue weighted by Crippen LogP contribution is 2.31. The van der Waals surface area contributed by atoms with E-state index in [-0.39, 0.29) is 5.69 Å². The number of nitrogens with zero attached hydrogens (tertiary/aromatic N) is 3. The normalized spacial score (nSPS) is 15.4. The van der Waals surface area contributed by atoms with Crippen molar-refractivity contribution in [3.05, 3.63) is 42.2 Å². The van der Waals surface area contributed by atoms with E-state index in [1.54, 1.807) is 12.1 Å². The first-order valence-corrected chi connectivity index (χ1v) is 6.13. The van der Waals surface area contributed by atoms with E-state index in [0.29, 0.717) is 18.8 Å². The Kier molecular flexibility index (Phi) is 3.08. The van der Waals surface area contributed by atoms with Crippen LogP contribution in [-0.4, -0.2) is 29.0 Å². The third-order valence-electron chi connectivity index (χ3n) is 3.10. The van der Waals surface area contributed by atoms with E-state index >= 15 is 0 Å². The molecular formula is C13H10F3N3O2. The third-order valence-corrected chi connectivity index (χ3v) is 3.10. The Hall–Kier alpha value is -2.51. The fourth-order valence-electron chi connectivity index (χ4n) is 2.13. The maximum absolute atomic E-state index is 12.8. The van der Waals surface area contributed by atoms with Gasteiger partial charge >= 0.3 is 12.3 Å². The fraction of sp³-hybridized carbons (Fsp3) is 0.231. The number of benzene rings is 1. The summed E-state index contributed by atoms with van der Waals surface area (Å²) in [6.07, 6.45) is -3.85. The van der Waals surface area contributed by atoms with E-state index in [1.165, 1.54) is 17.0 Å². The van der Waals surface area contributed by atoms with Gasteiger partial charge in [-0.25, -0.2) is 9.48 Å². The van der Waals surface area contributed by atoms with Crippen LogP contribution in [0.3, 0.4) is 0 Å². The largest absolute Gasteiger partial charge is 0.447 e. The van der Waals surface area contributed by atoms with Crippen LogP contribution in [-0.2, 0) is 10.9 Å². The zero-order chi connectivity index (χ0) is 15.0. The summed E-state index contributed by atoms with van der Waals surface area (Å²) < 4.78 is 44.1. The maximum Gasteiger partial charge on any atom is 0.433 e. The summed E-state index contributed by atoms with van der Waals surface area (Å²) >= 11 is 0. The Balaban J connectivity index is 1.91. The van der Waals surface area contributed by atoms with Gasteiger partial charge in [-0.05, 0) is 30.3 Å².